The summed E-state index contributed by atoms with van der Waals surface area (Å²) in [6, 6.07) is 7.05. The van der Waals surface area contributed by atoms with E-state index in [1.807, 2.05) is 0 Å². The highest BCUT2D eigenvalue weighted by atomic mass is 32.1. The lowest BCUT2D eigenvalue weighted by atomic mass is 10.2. The standard InChI is InChI=1S/C20H23FN6O3S/c1-28-14-9-12(10-15(29-2)18(14)30-3)24-17-11-23-13-5-6-16(25-19(13)26-17)27-20(31)22-8-4-7-21/h5-6,9-11H,4,7-8H2,1-3H3,(H3,22,24,25,26,27,31). The normalized spacial score (nSPS) is 10.5. The summed E-state index contributed by atoms with van der Waals surface area (Å²) < 4.78 is 28.3. The van der Waals surface area contributed by atoms with E-state index in [0.717, 1.165) is 0 Å². The third kappa shape index (κ3) is 5.57. The zero-order valence-corrected chi connectivity index (χ0v) is 18.2. The van der Waals surface area contributed by atoms with Crippen molar-refractivity contribution in [1.82, 2.24) is 20.3 Å². The molecule has 2 heterocycles. The Hall–Kier alpha value is -3.47. The predicted molar refractivity (Wildman–Crippen MR) is 122 cm³/mol. The zero-order chi connectivity index (χ0) is 22.2. The van der Waals surface area contributed by atoms with Gasteiger partial charge in [-0.1, -0.05) is 0 Å². The lowest BCUT2D eigenvalue weighted by Gasteiger charge is -2.15. The summed E-state index contributed by atoms with van der Waals surface area (Å²) in [6.45, 7) is 0.0414. The fraction of sp³-hybridized carbons (Fsp3) is 0.300. The maximum atomic E-state index is 12.2. The summed E-state index contributed by atoms with van der Waals surface area (Å²) in [7, 11) is 4.64. The molecule has 11 heteroatoms. The minimum Gasteiger partial charge on any atom is -0.493 e. The van der Waals surface area contributed by atoms with Gasteiger partial charge in [0.15, 0.2) is 28.1 Å². The number of thiocarbonyl (C=S) groups is 1. The molecule has 0 unspecified atom stereocenters. The molecule has 0 aliphatic heterocycles. The Morgan fingerprint density at radius 2 is 1.74 bits per heavy atom. The Morgan fingerprint density at radius 3 is 2.39 bits per heavy atom. The summed E-state index contributed by atoms with van der Waals surface area (Å²) in [5, 5.41) is 9.40. The van der Waals surface area contributed by atoms with Crippen LogP contribution >= 0.6 is 12.2 Å². The summed E-state index contributed by atoms with van der Waals surface area (Å²) >= 11 is 5.19. The zero-order valence-electron chi connectivity index (χ0n) is 17.4. The number of rotatable bonds is 9. The van der Waals surface area contributed by atoms with Crippen molar-refractivity contribution in [2.24, 2.45) is 0 Å². The van der Waals surface area contributed by atoms with Crippen LogP contribution in [0.2, 0.25) is 0 Å². The summed E-state index contributed by atoms with van der Waals surface area (Å²) in [5.74, 6) is 2.50. The highest BCUT2D eigenvalue weighted by Crippen LogP contribution is 2.40. The van der Waals surface area contributed by atoms with E-state index in [-0.39, 0.29) is 0 Å². The Kier molecular flexibility index (Phi) is 7.55. The first-order chi connectivity index (χ1) is 15.1. The quantitative estimate of drug-likeness (QED) is 0.335. The lowest BCUT2D eigenvalue weighted by molar-refractivity contribution is 0.324. The molecule has 0 radical (unpaired) electrons. The SMILES string of the molecule is COc1cc(Nc2cnc3ccc(NC(=S)NCCCF)nc3n2)cc(OC)c1OC. The van der Waals surface area contributed by atoms with Crippen LogP contribution in [-0.4, -0.2) is 54.6 Å². The molecule has 1 aromatic carbocycles. The highest BCUT2D eigenvalue weighted by Gasteiger charge is 2.14. The second-order valence-electron chi connectivity index (χ2n) is 6.26. The van der Waals surface area contributed by atoms with Crippen LogP contribution in [0.15, 0.2) is 30.5 Å². The maximum Gasteiger partial charge on any atom is 0.203 e. The third-order valence-corrected chi connectivity index (χ3v) is 4.43. The van der Waals surface area contributed by atoms with E-state index in [2.05, 4.69) is 30.9 Å². The van der Waals surface area contributed by atoms with Crippen molar-refractivity contribution in [2.75, 3.05) is 45.2 Å². The van der Waals surface area contributed by atoms with Crippen molar-refractivity contribution in [2.45, 2.75) is 6.42 Å². The number of hydrogen-bond donors (Lipinski definition) is 3. The number of halogens is 1. The van der Waals surface area contributed by atoms with Gasteiger partial charge in [-0.15, -0.1) is 0 Å². The van der Waals surface area contributed by atoms with E-state index in [0.29, 0.717) is 63.8 Å². The van der Waals surface area contributed by atoms with Gasteiger partial charge in [0, 0.05) is 24.4 Å². The first-order valence-electron chi connectivity index (χ1n) is 9.39. The predicted octanol–water partition coefficient (Wildman–Crippen LogP) is 3.44. The molecule has 0 atom stereocenters. The van der Waals surface area contributed by atoms with Crippen LogP contribution in [0, 0.1) is 0 Å². The molecule has 0 aliphatic rings. The Bertz CT molecular complexity index is 1040. The lowest BCUT2D eigenvalue weighted by Crippen LogP contribution is -2.29. The number of anilines is 3. The smallest absolute Gasteiger partial charge is 0.203 e. The van der Waals surface area contributed by atoms with Crippen molar-refractivity contribution < 1.29 is 18.6 Å². The molecule has 3 aromatic rings. The van der Waals surface area contributed by atoms with Gasteiger partial charge in [0.2, 0.25) is 5.75 Å². The number of fused-ring (bicyclic) bond motifs is 1. The molecular formula is C20H23FN6O3S. The van der Waals surface area contributed by atoms with E-state index >= 15 is 0 Å². The molecule has 3 rings (SSSR count). The molecule has 3 N–H and O–H groups in total. The Morgan fingerprint density at radius 1 is 1.03 bits per heavy atom. The van der Waals surface area contributed by atoms with E-state index in [9.17, 15) is 4.39 Å². The number of ether oxygens (including phenoxy) is 3. The number of methoxy groups -OCH3 is 3. The van der Waals surface area contributed by atoms with Crippen molar-refractivity contribution in [1.29, 1.82) is 0 Å². The number of nitrogens with zero attached hydrogens (tertiary/aromatic N) is 3. The fourth-order valence-corrected chi connectivity index (χ4v) is 2.96. The van der Waals surface area contributed by atoms with Gasteiger partial charge in [-0.3, -0.25) is 4.39 Å². The largest absolute Gasteiger partial charge is 0.493 e. The van der Waals surface area contributed by atoms with Crippen molar-refractivity contribution in [3.63, 3.8) is 0 Å². The van der Waals surface area contributed by atoms with Crippen molar-refractivity contribution in [3.8, 4) is 17.2 Å². The molecule has 0 bridgehead atoms. The topological polar surface area (TPSA) is 102 Å². The third-order valence-electron chi connectivity index (χ3n) is 4.18. The number of nitrogens with one attached hydrogen (secondary N) is 3. The molecular weight excluding hydrogens is 423 g/mol. The second kappa shape index (κ2) is 10.5. The second-order valence-corrected chi connectivity index (χ2v) is 6.67. The summed E-state index contributed by atoms with van der Waals surface area (Å²) in [4.78, 5) is 13.3. The molecule has 0 fully saturated rings. The highest BCUT2D eigenvalue weighted by molar-refractivity contribution is 7.80. The number of pyridine rings is 1. The number of aromatic nitrogens is 3. The van der Waals surface area contributed by atoms with Crippen LogP contribution in [0.5, 0.6) is 17.2 Å². The van der Waals surface area contributed by atoms with Gasteiger partial charge in [-0.25, -0.2) is 15.0 Å². The Labute approximate surface area is 184 Å². The molecule has 2 aromatic heterocycles. The average molecular weight is 447 g/mol. The maximum absolute atomic E-state index is 12.2. The molecule has 0 amide bonds. The van der Waals surface area contributed by atoms with E-state index in [1.54, 1.807) is 51.8 Å². The summed E-state index contributed by atoms with van der Waals surface area (Å²) in [6.07, 6.45) is 1.98. The van der Waals surface area contributed by atoms with Crippen LogP contribution in [0.25, 0.3) is 11.2 Å². The van der Waals surface area contributed by atoms with Crippen LogP contribution in [-0.2, 0) is 0 Å². The van der Waals surface area contributed by atoms with Crippen LogP contribution in [0.4, 0.5) is 21.7 Å². The van der Waals surface area contributed by atoms with Crippen LogP contribution in [0.1, 0.15) is 6.42 Å². The molecule has 0 aliphatic carbocycles. The fourth-order valence-electron chi connectivity index (χ4n) is 2.76. The molecule has 31 heavy (non-hydrogen) atoms. The average Bonchev–Trinajstić information content (AvgIpc) is 2.78. The van der Waals surface area contributed by atoms with Gasteiger partial charge >= 0.3 is 0 Å². The molecule has 0 saturated heterocycles. The van der Waals surface area contributed by atoms with Crippen LogP contribution < -0.4 is 30.2 Å². The van der Waals surface area contributed by atoms with Gasteiger partial charge in [0.1, 0.15) is 11.3 Å². The Balaban J connectivity index is 1.81. The van der Waals surface area contributed by atoms with Gasteiger partial charge in [-0.05, 0) is 30.8 Å². The van der Waals surface area contributed by atoms with Gasteiger partial charge in [0.05, 0.1) is 34.2 Å². The van der Waals surface area contributed by atoms with E-state index in [4.69, 9.17) is 26.4 Å². The monoisotopic (exact) mass is 446 g/mol. The minimum atomic E-state index is -0.402. The molecule has 0 spiro atoms. The van der Waals surface area contributed by atoms with E-state index < -0.39 is 6.67 Å². The minimum absolute atomic E-state index is 0.361. The van der Waals surface area contributed by atoms with E-state index in [1.165, 1.54) is 0 Å². The van der Waals surface area contributed by atoms with Gasteiger partial charge in [0.25, 0.3) is 0 Å². The van der Waals surface area contributed by atoms with Gasteiger partial charge < -0.3 is 30.2 Å². The molecule has 0 saturated carbocycles. The van der Waals surface area contributed by atoms with Crippen molar-refractivity contribution in [3.05, 3.63) is 30.5 Å². The number of hydrogen-bond acceptors (Lipinski definition) is 8. The first-order valence-corrected chi connectivity index (χ1v) is 9.80. The first kappa shape index (κ1) is 22.2. The molecule has 9 nitrogen and oxygen atoms in total. The van der Waals surface area contributed by atoms with Crippen molar-refractivity contribution >= 4 is 45.8 Å². The molecule has 164 valence electrons. The van der Waals surface area contributed by atoms with Crippen LogP contribution in [0.3, 0.4) is 0 Å². The van der Waals surface area contributed by atoms with Gasteiger partial charge in [-0.2, -0.15) is 0 Å². The summed E-state index contributed by atoms with van der Waals surface area (Å²) in [5.41, 5.74) is 1.72. The number of benzene rings is 1. The number of alkyl halides is 1.